The molecule has 0 fully saturated rings. The van der Waals surface area contributed by atoms with E-state index in [0.717, 1.165) is 13.1 Å². The quantitative estimate of drug-likeness (QED) is 0.324. The molecule has 77 valence electrons. The molecule has 0 heterocycles. The molecule has 0 aliphatic heterocycles. The van der Waals surface area contributed by atoms with Crippen LogP contribution < -0.4 is 16.5 Å². The Hall–Kier alpha value is 0.0903. The van der Waals surface area contributed by atoms with Crippen LogP contribution in [0.2, 0.25) is 5.14 Å². The number of nitrogens with one attached hydrogen (secondary N) is 2. The van der Waals surface area contributed by atoms with E-state index in [4.69, 9.17) is 5.73 Å². The van der Waals surface area contributed by atoms with Crippen LogP contribution >= 0.6 is 0 Å². The molecule has 12 heavy (non-hydrogen) atoms. The summed E-state index contributed by atoms with van der Waals surface area (Å²) in [5.41, 5.74) is 7.80. The van der Waals surface area contributed by atoms with Gasteiger partial charge in [0.15, 0.2) is 0 Å². The van der Waals surface area contributed by atoms with Crippen LogP contribution in [0.1, 0.15) is 0 Å². The summed E-state index contributed by atoms with van der Waals surface area (Å²) < 4.78 is -0.212. The van der Waals surface area contributed by atoms with Gasteiger partial charge in [-0.1, -0.05) is 0 Å². The predicted octanol–water partition coefficient (Wildman–Crippen LogP) is -0.693. The van der Waals surface area contributed by atoms with E-state index in [1.807, 2.05) is 0 Å². The maximum absolute atomic E-state index is 10.6. The van der Waals surface area contributed by atoms with E-state index in [-0.39, 0.29) is 23.9 Å². The SMILES string of the molecule is [CH3][Ag][C](=O)ONCCNCCN. The second kappa shape index (κ2) is 9.18. The molecule has 6 heteroatoms. The van der Waals surface area contributed by atoms with Gasteiger partial charge < -0.3 is 0 Å². The zero-order valence-electron chi connectivity index (χ0n) is 7.02. The summed E-state index contributed by atoms with van der Waals surface area (Å²) in [6, 6.07) is 0. The molecule has 0 spiro atoms. The van der Waals surface area contributed by atoms with Crippen molar-refractivity contribution in [1.82, 2.24) is 10.8 Å². The van der Waals surface area contributed by atoms with Crippen molar-refractivity contribution in [1.29, 1.82) is 0 Å². The Morgan fingerprint density at radius 3 is 2.83 bits per heavy atom. The Morgan fingerprint density at radius 2 is 2.25 bits per heavy atom. The molecule has 0 aromatic rings. The summed E-state index contributed by atoms with van der Waals surface area (Å²) in [5, 5.41) is 4.83. The maximum atomic E-state index is 10.6. The van der Waals surface area contributed by atoms with E-state index in [9.17, 15) is 4.79 Å². The number of hydrogen-bond acceptors (Lipinski definition) is 5. The molecule has 0 aromatic heterocycles. The van der Waals surface area contributed by atoms with E-state index in [2.05, 4.69) is 15.6 Å². The van der Waals surface area contributed by atoms with Gasteiger partial charge in [-0.3, -0.25) is 0 Å². The summed E-state index contributed by atoms with van der Waals surface area (Å²) >= 11 is 0.163. The molecular weight excluding hydrogens is 254 g/mol. The summed E-state index contributed by atoms with van der Waals surface area (Å²) in [5.74, 6) is 0. The van der Waals surface area contributed by atoms with Crippen molar-refractivity contribution in [3.8, 4) is 0 Å². The molecule has 0 rings (SSSR count). The Morgan fingerprint density at radius 1 is 1.50 bits per heavy atom. The Balaban J connectivity index is 2.95. The first kappa shape index (κ1) is 12.1. The van der Waals surface area contributed by atoms with Gasteiger partial charge >= 0.3 is 81.4 Å². The van der Waals surface area contributed by atoms with E-state index in [1.54, 1.807) is 5.14 Å². The predicted molar refractivity (Wildman–Crippen MR) is 42.3 cm³/mol. The first-order valence-electron chi connectivity index (χ1n) is 3.53. The first-order valence-corrected chi connectivity index (χ1v) is 5.76. The van der Waals surface area contributed by atoms with Crippen LogP contribution in [-0.4, -0.2) is 30.4 Å². The summed E-state index contributed by atoms with van der Waals surface area (Å²) in [7, 11) is 0. The van der Waals surface area contributed by atoms with Gasteiger partial charge in [-0.2, -0.15) is 0 Å². The van der Waals surface area contributed by atoms with Crippen LogP contribution in [0, 0.1) is 0 Å². The van der Waals surface area contributed by atoms with Crippen molar-refractivity contribution in [2.75, 3.05) is 26.2 Å². The third-order valence-electron chi connectivity index (χ3n) is 0.993. The number of nitrogens with two attached hydrogens (primary N) is 1. The normalized spacial score (nSPS) is 10.2. The van der Waals surface area contributed by atoms with Crippen molar-refractivity contribution < 1.29 is 29.4 Å². The van der Waals surface area contributed by atoms with Crippen LogP contribution in [0.5, 0.6) is 0 Å². The monoisotopic (exact) mass is 268 g/mol. The summed E-state index contributed by atoms with van der Waals surface area (Å²) in [4.78, 5) is 15.2. The molecule has 0 amide bonds. The van der Waals surface area contributed by atoms with Crippen molar-refractivity contribution in [2.45, 2.75) is 5.14 Å². The van der Waals surface area contributed by atoms with Crippen LogP contribution in [0.3, 0.4) is 0 Å². The van der Waals surface area contributed by atoms with Gasteiger partial charge in [-0.25, -0.2) is 0 Å². The van der Waals surface area contributed by atoms with E-state index in [1.165, 1.54) is 0 Å². The Kier molecular flexibility index (Phi) is 9.25. The summed E-state index contributed by atoms with van der Waals surface area (Å²) in [6.07, 6.45) is 0. The number of carbonyl (C=O) groups is 1. The number of hydrogen-bond donors (Lipinski definition) is 3. The molecule has 0 unspecified atom stereocenters. The van der Waals surface area contributed by atoms with Gasteiger partial charge in [0.1, 0.15) is 0 Å². The van der Waals surface area contributed by atoms with Crippen LogP contribution in [-0.2, 0) is 24.6 Å². The van der Waals surface area contributed by atoms with Crippen molar-refractivity contribution in [3.05, 3.63) is 0 Å². The molecular formula is C6H15AgN3O2. The number of carbonyl (C=O) groups excluding carboxylic acids is 1. The van der Waals surface area contributed by atoms with Gasteiger partial charge in [-0.05, 0) is 0 Å². The zero-order chi connectivity index (χ0) is 9.23. The average molecular weight is 269 g/mol. The molecule has 0 aromatic carbocycles. The average Bonchev–Trinajstić information content (AvgIpc) is 2.10. The number of hydroxylamine groups is 1. The van der Waals surface area contributed by atoms with E-state index in [0.29, 0.717) is 13.1 Å². The van der Waals surface area contributed by atoms with Gasteiger partial charge in [0, 0.05) is 0 Å². The Labute approximate surface area is 81.7 Å². The molecule has 0 aliphatic carbocycles. The third kappa shape index (κ3) is 8.19. The fourth-order valence-electron chi connectivity index (χ4n) is 0.500. The fourth-order valence-corrected chi connectivity index (χ4v) is 0.758. The fraction of sp³-hybridized carbons (Fsp3) is 0.833. The molecule has 0 aliphatic rings. The second-order valence-corrected chi connectivity index (χ2v) is 3.24. The third-order valence-corrected chi connectivity index (χ3v) is 1.75. The molecule has 0 saturated heterocycles. The zero-order valence-corrected chi connectivity index (χ0v) is 8.51. The van der Waals surface area contributed by atoms with Crippen molar-refractivity contribution >= 4 is 4.19 Å². The second-order valence-electron chi connectivity index (χ2n) is 1.89. The molecule has 0 bridgehead atoms. The topological polar surface area (TPSA) is 76.4 Å². The van der Waals surface area contributed by atoms with Crippen LogP contribution in [0.4, 0.5) is 4.79 Å². The first-order chi connectivity index (χ1) is 5.81. The van der Waals surface area contributed by atoms with E-state index < -0.39 is 0 Å². The molecule has 0 atom stereocenters. The molecule has 5 nitrogen and oxygen atoms in total. The minimum atomic E-state index is -0.212. The molecule has 4 N–H and O–H groups in total. The minimum absolute atomic E-state index is 0.163. The van der Waals surface area contributed by atoms with Gasteiger partial charge in [0.2, 0.25) is 0 Å². The van der Waals surface area contributed by atoms with Gasteiger partial charge in [0.05, 0.1) is 0 Å². The number of rotatable bonds is 7. The standard InChI is InChI=1S/C5H12N3O2.CH3.Ag/c6-1-2-7-3-4-8-10-5-9;;/h7-8H,1-4,6H2;1H3;. The Bertz CT molecular complexity index is 123. The van der Waals surface area contributed by atoms with Gasteiger partial charge in [0.25, 0.3) is 0 Å². The molecule has 0 radical (unpaired) electrons. The van der Waals surface area contributed by atoms with Gasteiger partial charge in [-0.15, -0.1) is 0 Å². The van der Waals surface area contributed by atoms with Crippen LogP contribution in [0.15, 0.2) is 0 Å². The summed E-state index contributed by atoms with van der Waals surface area (Å²) in [6.45, 7) is 2.76. The van der Waals surface area contributed by atoms with Crippen molar-refractivity contribution in [2.24, 2.45) is 5.73 Å². The van der Waals surface area contributed by atoms with Crippen LogP contribution in [0.25, 0.3) is 0 Å². The molecule has 0 saturated carbocycles. The van der Waals surface area contributed by atoms with E-state index >= 15 is 0 Å². The van der Waals surface area contributed by atoms with Crippen molar-refractivity contribution in [3.63, 3.8) is 0 Å².